The summed E-state index contributed by atoms with van der Waals surface area (Å²) in [5.74, 6) is 0.353. The zero-order valence-corrected chi connectivity index (χ0v) is 15.9. The van der Waals surface area contributed by atoms with E-state index in [4.69, 9.17) is 14.2 Å². The lowest BCUT2D eigenvalue weighted by atomic mass is 10.1. The Bertz CT molecular complexity index is 757. The van der Waals surface area contributed by atoms with Crippen molar-refractivity contribution < 1.29 is 28.6 Å². The Labute approximate surface area is 158 Å². The number of nitrogens with one attached hydrogen (secondary N) is 1. The van der Waals surface area contributed by atoms with E-state index in [1.807, 2.05) is 13.8 Å². The van der Waals surface area contributed by atoms with E-state index in [1.165, 1.54) is 14.2 Å². The van der Waals surface area contributed by atoms with Crippen LogP contribution < -0.4 is 14.8 Å². The molecule has 0 bridgehead atoms. The molecule has 3 amide bonds. The number of urea groups is 1. The number of carbonyl (C=O) groups excluding carboxylic acids is 3. The molecule has 0 saturated carbocycles. The van der Waals surface area contributed by atoms with Crippen LogP contribution in [0.15, 0.2) is 23.9 Å². The molecule has 146 valence electrons. The summed E-state index contributed by atoms with van der Waals surface area (Å²) < 4.78 is 15.5. The van der Waals surface area contributed by atoms with Crippen LogP contribution in [0.25, 0.3) is 6.08 Å². The van der Waals surface area contributed by atoms with Crippen LogP contribution >= 0.6 is 0 Å². The number of ether oxygens (including phenoxy) is 3. The first-order chi connectivity index (χ1) is 12.8. The second-order valence-corrected chi connectivity index (χ2v) is 6.39. The molecule has 2 rings (SSSR count). The van der Waals surface area contributed by atoms with E-state index in [0.717, 1.165) is 4.90 Å². The topological polar surface area (TPSA) is 94.2 Å². The maximum Gasteiger partial charge on any atom is 0.329 e. The van der Waals surface area contributed by atoms with Gasteiger partial charge in [0.25, 0.3) is 5.91 Å². The van der Waals surface area contributed by atoms with Gasteiger partial charge in [0.1, 0.15) is 5.70 Å². The van der Waals surface area contributed by atoms with E-state index in [0.29, 0.717) is 23.7 Å². The largest absolute Gasteiger partial charge is 0.493 e. The van der Waals surface area contributed by atoms with Crippen molar-refractivity contribution in [2.24, 2.45) is 5.92 Å². The second-order valence-electron chi connectivity index (χ2n) is 6.39. The molecular weight excluding hydrogens is 352 g/mol. The summed E-state index contributed by atoms with van der Waals surface area (Å²) in [5, 5.41) is 2.52. The Balaban J connectivity index is 2.04. The minimum absolute atomic E-state index is 0.0368. The Kier molecular flexibility index (Phi) is 6.81. The van der Waals surface area contributed by atoms with Crippen LogP contribution in [0.2, 0.25) is 0 Å². The molecule has 0 unspecified atom stereocenters. The predicted molar refractivity (Wildman–Crippen MR) is 98.2 cm³/mol. The number of amides is 3. The van der Waals surface area contributed by atoms with Gasteiger partial charge >= 0.3 is 12.0 Å². The number of imide groups is 1. The minimum Gasteiger partial charge on any atom is -0.493 e. The highest BCUT2D eigenvalue weighted by Crippen LogP contribution is 2.28. The van der Waals surface area contributed by atoms with Crippen molar-refractivity contribution in [3.05, 3.63) is 29.5 Å². The van der Waals surface area contributed by atoms with Gasteiger partial charge in [-0.2, -0.15) is 0 Å². The molecule has 0 radical (unpaired) electrons. The van der Waals surface area contributed by atoms with Gasteiger partial charge in [-0.1, -0.05) is 19.9 Å². The zero-order valence-electron chi connectivity index (χ0n) is 15.9. The quantitative estimate of drug-likeness (QED) is 0.425. The van der Waals surface area contributed by atoms with Crippen LogP contribution in [-0.4, -0.2) is 50.2 Å². The molecule has 8 nitrogen and oxygen atoms in total. The van der Waals surface area contributed by atoms with Gasteiger partial charge in [0.2, 0.25) is 0 Å². The van der Waals surface area contributed by atoms with Crippen molar-refractivity contribution in [1.82, 2.24) is 10.2 Å². The molecule has 1 aromatic carbocycles. The Morgan fingerprint density at radius 2 is 1.89 bits per heavy atom. The average Bonchev–Trinajstić information content (AvgIpc) is 2.91. The number of hydrogen-bond donors (Lipinski definition) is 1. The van der Waals surface area contributed by atoms with E-state index in [2.05, 4.69) is 5.32 Å². The van der Waals surface area contributed by atoms with Gasteiger partial charge in [-0.05, 0) is 29.7 Å². The molecule has 1 aliphatic rings. The molecule has 27 heavy (non-hydrogen) atoms. The number of benzene rings is 1. The Morgan fingerprint density at radius 1 is 1.19 bits per heavy atom. The number of rotatable bonds is 8. The monoisotopic (exact) mass is 376 g/mol. The summed E-state index contributed by atoms with van der Waals surface area (Å²) in [4.78, 5) is 37.2. The molecule has 0 spiro atoms. The van der Waals surface area contributed by atoms with E-state index >= 15 is 0 Å². The van der Waals surface area contributed by atoms with Gasteiger partial charge < -0.3 is 19.5 Å². The third-order valence-electron chi connectivity index (χ3n) is 3.80. The highest BCUT2D eigenvalue weighted by atomic mass is 16.5. The van der Waals surface area contributed by atoms with Gasteiger partial charge in [0.15, 0.2) is 11.5 Å². The van der Waals surface area contributed by atoms with Gasteiger partial charge in [-0.15, -0.1) is 0 Å². The highest BCUT2D eigenvalue weighted by molar-refractivity contribution is 6.14. The number of hydrogen-bond acceptors (Lipinski definition) is 6. The molecule has 1 aromatic rings. The van der Waals surface area contributed by atoms with Crippen molar-refractivity contribution in [3.63, 3.8) is 0 Å². The summed E-state index contributed by atoms with van der Waals surface area (Å²) in [7, 11) is 3.04. The Morgan fingerprint density at radius 3 is 2.52 bits per heavy atom. The van der Waals surface area contributed by atoms with Crippen molar-refractivity contribution in [3.8, 4) is 11.5 Å². The molecular formula is C19H24N2O6. The molecule has 1 N–H and O–H groups in total. The van der Waals surface area contributed by atoms with Gasteiger partial charge in [0.05, 0.1) is 27.2 Å². The number of nitrogens with zero attached hydrogens (tertiary/aromatic N) is 1. The molecule has 1 saturated heterocycles. The van der Waals surface area contributed by atoms with Crippen LogP contribution in [0.1, 0.15) is 25.8 Å². The summed E-state index contributed by atoms with van der Waals surface area (Å²) in [5.41, 5.74) is 0.789. The summed E-state index contributed by atoms with van der Waals surface area (Å²) in [6.45, 7) is 4.13. The summed E-state index contributed by atoms with van der Waals surface area (Å²) in [6, 6.07) is 4.56. The number of carbonyl (C=O) groups is 3. The van der Waals surface area contributed by atoms with Gasteiger partial charge in [-0.3, -0.25) is 14.5 Å². The third kappa shape index (κ3) is 5.22. The molecule has 0 aliphatic carbocycles. The smallest absolute Gasteiger partial charge is 0.329 e. The average molecular weight is 376 g/mol. The maximum atomic E-state index is 12.4. The lowest BCUT2D eigenvalue weighted by Crippen LogP contribution is -2.33. The van der Waals surface area contributed by atoms with Crippen molar-refractivity contribution in [1.29, 1.82) is 0 Å². The second kappa shape index (κ2) is 9.07. The van der Waals surface area contributed by atoms with Crippen LogP contribution in [-0.2, 0) is 14.3 Å². The third-order valence-corrected chi connectivity index (χ3v) is 3.80. The van der Waals surface area contributed by atoms with Crippen LogP contribution in [0, 0.1) is 5.92 Å². The summed E-state index contributed by atoms with van der Waals surface area (Å²) >= 11 is 0. The molecule has 1 heterocycles. The minimum atomic E-state index is -0.566. The highest BCUT2D eigenvalue weighted by Gasteiger charge is 2.33. The van der Waals surface area contributed by atoms with Crippen LogP contribution in [0.3, 0.4) is 0 Å². The first-order valence-corrected chi connectivity index (χ1v) is 8.58. The fourth-order valence-corrected chi connectivity index (χ4v) is 2.42. The van der Waals surface area contributed by atoms with Crippen LogP contribution in [0.4, 0.5) is 4.79 Å². The lowest BCUT2D eigenvalue weighted by Gasteiger charge is -2.12. The van der Waals surface area contributed by atoms with Crippen molar-refractivity contribution in [2.45, 2.75) is 20.3 Å². The van der Waals surface area contributed by atoms with E-state index in [9.17, 15) is 14.4 Å². The fourth-order valence-electron chi connectivity index (χ4n) is 2.42. The van der Waals surface area contributed by atoms with E-state index in [1.54, 1.807) is 24.3 Å². The normalized spacial score (nSPS) is 15.3. The molecule has 1 fully saturated rings. The standard InChI is InChI=1S/C19H24N2O6/c1-12(2)11-27-17(22)7-8-21-18(23)14(20-19(21)24)9-13-5-6-15(25-3)16(10-13)26-4/h5-6,9-10,12H,7-8,11H2,1-4H3,(H,20,24). The first kappa shape index (κ1) is 20.3. The summed E-state index contributed by atoms with van der Waals surface area (Å²) in [6.07, 6.45) is 1.49. The lowest BCUT2D eigenvalue weighted by molar-refractivity contribution is -0.145. The zero-order chi connectivity index (χ0) is 20.0. The van der Waals surface area contributed by atoms with E-state index < -0.39 is 17.9 Å². The van der Waals surface area contributed by atoms with E-state index in [-0.39, 0.29) is 24.6 Å². The first-order valence-electron chi connectivity index (χ1n) is 8.58. The molecule has 0 atom stereocenters. The van der Waals surface area contributed by atoms with Gasteiger partial charge in [-0.25, -0.2) is 4.79 Å². The molecule has 0 aromatic heterocycles. The maximum absolute atomic E-state index is 12.4. The SMILES string of the molecule is COc1ccc(C=C2NC(=O)N(CCC(=O)OCC(C)C)C2=O)cc1OC. The Hall–Kier alpha value is -3.03. The van der Waals surface area contributed by atoms with Crippen molar-refractivity contribution in [2.75, 3.05) is 27.4 Å². The van der Waals surface area contributed by atoms with Crippen molar-refractivity contribution >= 4 is 24.0 Å². The molecule has 1 aliphatic heterocycles. The number of esters is 1. The number of methoxy groups -OCH3 is 2. The predicted octanol–water partition coefficient (Wildman–Crippen LogP) is 2.19. The van der Waals surface area contributed by atoms with Gasteiger partial charge in [0, 0.05) is 6.54 Å². The fraction of sp³-hybridized carbons (Fsp3) is 0.421. The van der Waals surface area contributed by atoms with Crippen LogP contribution in [0.5, 0.6) is 11.5 Å². The molecule has 8 heteroatoms.